The third-order valence-electron chi connectivity index (χ3n) is 2.49. The topological polar surface area (TPSA) is 196 Å². The number of carbonyl (C=O) groups is 5. The van der Waals surface area contributed by atoms with E-state index in [4.69, 9.17) is 21.1 Å². The van der Waals surface area contributed by atoms with E-state index in [1.807, 2.05) is 5.32 Å². The number of hydrogen-bond acceptors (Lipinski definition) is 6. The first-order valence-electron chi connectivity index (χ1n) is 6.16. The molecule has 1 fully saturated rings. The van der Waals surface area contributed by atoms with Gasteiger partial charge >= 0.3 is 23.9 Å². The van der Waals surface area contributed by atoms with Crippen molar-refractivity contribution in [2.75, 3.05) is 0 Å². The summed E-state index contributed by atoms with van der Waals surface area (Å²) in [5.74, 6) is -3.64. The maximum absolute atomic E-state index is 10.8. The van der Waals surface area contributed by atoms with Crippen molar-refractivity contribution in [1.29, 1.82) is 0 Å². The van der Waals surface area contributed by atoms with Gasteiger partial charge in [-0.2, -0.15) is 0 Å². The van der Waals surface area contributed by atoms with Crippen LogP contribution in [0.3, 0.4) is 0 Å². The number of imide groups is 1. The number of nitrogens with one attached hydrogen (secondary N) is 2. The molecule has 0 aromatic heterocycles. The fraction of sp³-hybridized carbons (Fsp3) is 0.545. The standard InChI is InChI=1S/C6H8N2O4.C5H9NO4/c9-4(10)2-1-3-5(11)8-6(12)7-3;6-3(5(9)10)1-2-4(7)8/h3H,1-2H2,(H,9,10)(H2,7,8,11,12);3H,1-2,6H2,(H,7,8)(H,9,10)/t2*3-/m11/s1. The number of hydrogen-bond donors (Lipinski definition) is 6. The molecule has 0 unspecified atom stereocenters. The number of nitrogens with two attached hydrogens (primary N) is 1. The lowest BCUT2D eigenvalue weighted by Gasteiger charge is -2.02. The molecule has 11 nitrogen and oxygen atoms in total. The third-order valence-corrected chi connectivity index (χ3v) is 2.49. The Morgan fingerprint density at radius 3 is 2.00 bits per heavy atom. The minimum Gasteiger partial charge on any atom is -0.481 e. The van der Waals surface area contributed by atoms with Crippen molar-refractivity contribution in [2.24, 2.45) is 5.73 Å². The molecule has 0 saturated carbocycles. The number of urea groups is 1. The molecule has 0 aliphatic carbocycles. The summed E-state index contributed by atoms with van der Waals surface area (Å²) in [6, 6.07) is -2.31. The van der Waals surface area contributed by atoms with Crippen molar-refractivity contribution in [1.82, 2.24) is 10.6 Å². The minimum atomic E-state index is -1.17. The van der Waals surface area contributed by atoms with Crippen LogP contribution in [-0.2, 0) is 19.2 Å². The lowest BCUT2D eigenvalue weighted by atomic mass is 10.1. The summed E-state index contributed by atoms with van der Waals surface area (Å²) in [4.78, 5) is 51.3. The van der Waals surface area contributed by atoms with Gasteiger partial charge < -0.3 is 26.4 Å². The first-order chi connectivity index (χ1) is 10.1. The van der Waals surface area contributed by atoms with Gasteiger partial charge in [0.25, 0.3) is 5.91 Å². The predicted octanol–water partition coefficient (Wildman–Crippen LogP) is -1.68. The summed E-state index contributed by atoms with van der Waals surface area (Å²) >= 11 is 0. The quantitative estimate of drug-likeness (QED) is 0.297. The number of rotatable bonds is 7. The number of carboxylic acids is 3. The Morgan fingerprint density at radius 2 is 1.64 bits per heavy atom. The van der Waals surface area contributed by atoms with E-state index >= 15 is 0 Å². The highest BCUT2D eigenvalue weighted by Gasteiger charge is 2.29. The Balaban J connectivity index is 0.000000409. The van der Waals surface area contributed by atoms with Gasteiger partial charge in [-0.1, -0.05) is 0 Å². The van der Waals surface area contributed by atoms with Crippen LogP contribution in [0.2, 0.25) is 0 Å². The van der Waals surface area contributed by atoms with E-state index in [0.29, 0.717) is 0 Å². The lowest BCUT2D eigenvalue weighted by Crippen LogP contribution is -2.30. The Kier molecular flexibility index (Phi) is 8.15. The number of carboxylic acid groups (broad SMARTS) is 3. The van der Waals surface area contributed by atoms with Crippen LogP contribution in [0, 0.1) is 0 Å². The average Bonchev–Trinajstić information content (AvgIpc) is 2.72. The molecule has 7 N–H and O–H groups in total. The van der Waals surface area contributed by atoms with Gasteiger partial charge in [0.1, 0.15) is 12.1 Å². The second-order valence-corrected chi connectivity index (χ2v) is 4.32. The molecule has 3 amide bonds. The molecule has 0 radical (unpaired) electrons. The monoisotopic (exact) mass is 319 g/mol. The first-order valence-corrected chi connectivity index (χ1v) is 6.16. The molecule has 0 bridgehead atoms. The van der Waals surface area contributed by atoms with Crippen molar-refractivity contribution in [3.63, 3.8) is 0 Å². The molecule has 11 heteroatoms. The summed E-state index contributed by atoms with van der Waals surface area (Å²) in [5, 5.41) is 28.9. The van der Waals surface area contributed by atoms with E-state index in [1.54, 1.807) is 0 Å². The van der Waals surface area contributed by atoms with Gasteiger partial charge in [-0.15, -0.1) is 0 Å². The summed E-state index contributed by atoms with van der Waals surface area (Å²) in [7, 11) is 0. The molecule has 22 heavy (non-hydrogen) atoms. The van der Waals surface area contributed by atoms with Gasteiger partial charge in [-0.3, -0.25) is 24.5 Å². The maximum Gasteiger partial charge on any atom is 0.322 e. The van der Waals surface area contributed by atoms with Crippen molar-refractivity contribution in [3.8, 4) is 0 Å². The number of carbonyl (C=O) groups excluding carboxylic acids is 2. The largest absolute Gasteiger partial charge is 0.481 e. The fourth-order valence-electron chi connectivity index (χ4n) is 1.33. The van der Waals surface area contributed by atoms with Crippen molar-refractivity contribution < 1.29 is 39.3 Å². The lowest BCUT2D eigenvalue weighted by molar-refractivity contribution is -0.140. The van der Waals surface area contributed by atoms with Crippen LogP contribution in [0.5, 0.6) is 0 Å². The van der Waals surface area contributed by atoms with Crippen LogP contribution in [0.1, 0.15) is 25.7 Å². The molecule has 1 aliphatic rings. The fourth-order valence-corrected chi connectivity index (χ4v) is 1.33. The van der Waals surface area contributed by atoms with Crippen LogP contribution in [-0.4, -0.2) is 57.2 Å². The van der Waals surface area contributed by atoms with Gasteiger partial charge in [0.15, 0.2) is 0 Å². The zero-order chi connectivity index (χ0) is 17.3. The van der Waals surface area contributed by atoms with Crippen LogP contribution >= 0.6 is 0 Å². The molecule has 0 aromatic carbocycles. The van der Waals surface area contributed by atoms with Gasteiger partial charge in [0, 0.05) is 12.8 Å². The van der Waals surface area contributed by atoms with Crippen LogP contribution in [0.25, 0.3) is 0 Å². The molecular weight excluding hydrogens is 302 g/mol. The van der Waals surface area contributed by atoms with Crippen LogP contribution < -0.4 is 16.4 Å². The van der Waals surface area contributed by atoms with E-state index in [9.17, 15) is 24.0 Å². The number of amides is 3. The second kappa shape index (κ2) is 9.28. The molecule has 1 heterocycles. The Bertz CT molecular complexity index is 464. The zero-order valence-corrected chi connectivity index (χ0v) is 11.4. The van der Waals surface area contributed by atoms with Crippen molar-refractivity contribution in [2.45, 2.75) is 37.8 Å². The Labute approximate surface area is 124 Å². The summed E-state index contributed by atoms with van der Waals surface area (Å²) in [5.41, 5.74) is 5.00. The van der Waals surface area contributed by atoms with E-state index in [-0.39, 0.29) is 25.7 Å². The Hall–Kier alpha value is -2.69. The summed E-state index contributed by atoms with van der Waals surface area (Å²) < 4.78 is 0. The summed E-state index contributed by atoms with van der Waals surface area (Å²) in [6.45, 7) is 0. The zero-order valence-electron chi connectivity index (χ0n) is 11.4. The van der Waals surface area contributed by atoms with Gasteiger partial charge in [-0.25, -0.2) is 4.79 Å². The molecule has 124 valence electrons. The van der Waals surface area contributed by atoms with Gasteiger partial charge in [0.05, 0.1) is 0 Å². The highest BCUT2D eigenvalue weighted by molar-refractivity contribution is 6.04. The highest BCUT2D eigenvalue weighted by atomic mass is 16.4. The molecule has 2 atom stereocenters. The van der Waals surface area contributed by atoms with Crippen LogP contribution in [0.4, 0.5) is 4.79 Å². The summed E-state index contributed by atoms with van der Waals surface area (Å²) in [6.07, 6.45) is -0.219. The second-order valence-electron chi connectivity index (χ2n) is 4.32. The van der Waals surface area contributed by atoms with Crippen molar-refractivity contribution >= 4 is 29.8 Å². The predicted molar refractivity (Wildman–Crippen MR) is 69.8 cm³/mol. The average molecular weight is 319 g/mol. The SMILES string of the molecule is N[C@H](CCC(=O)O)C(=O)O.O=C(O)CC[C@H]1NC(=O)NC1=O. The smallest absolute Gasteiger partial charge is 0.322 e. The molecule has 1 rings (SSSR count). The normalized spacial score (nSPS) is 17.6. The first kappa shape index (κ1) is 19.3. The molecule has 0 spiro atoms. The van der Waals surface area contributed by atoms with Crippen molar-refractivity contribution in [3.05, 3.63) is 0 Å². The highest BCUT2D eigenvalue weighted by Crippen LogP contribution is 2.01. The molecule has 1 saturated heterocycles. The number of aliphatic carboxylic acids is 3. The minimum absolute atomic E-state index is 0.0231. The Morgan fingerprint density at radius 1 is 1.09 bits per heavy atom. The van der Waals surface area contributed by atoms with Crippen LogP contribution in [0.15, 0.2) is 0 Å². The molecule has 1 aliphatic heterocycles. The van der Waals surface area contributed by atoms with E-state index < -0.39 is 41.9 Å². The van der Waals surface area contributed by atoms with Gasteiger partial charge in [-0.05, 0) is 12.8 Å². The van der Waals surface area contributed by atoms with Gasteiger partial charge in [0.2, 0.25) is 0 Å². The van der Waals surface area contributed by atoms with E-state index in [2.05, 4.69) is 5.32 Å². The molecular formula is C11H17N3O8. The maximum atomic E-state index is 10.8. The van der Waals surface area contributed by atoms with E-state index in [1.165, 1.54) is 0 Å². The third kappa shape index (κ3) is 8.47. The van der Waals surface area contributed by atoms with E-state index in [0.717, 1.165) is 0 Å². The molecule has 0 aromatic rings.